The van der Waals surface area contributed by atoms with Crippen LogP contribution < -0.4 is 16.3 Å². The zero-order valence-corrected chi connectivity index (χ0v) is 15.4. The summed E-state index contributed by atoms with van der Waals surface area (Å²) >= 11 is 0. The lowest BCUT2D eigenvalue weighted by Gasteiger charge is -2.16. The van der Waals surface area contributed by atoms with E-state index < -0.39 is 41.3 Å². The second-order valence-electron chi connectivity index (χ2n) is 6.16. The molecule has 0 radical (unpaired) electrons. The van der Waals surface area contributed by atoms with Gasteiger partial charge in [0, 0.05) is 18.6 Å². The number of hydrogen-bond donors (Lipinski definition) is 6. The predicted molar refractivity (Wildman–Crippen MR) is 106 cm³/mol. The highest BCUT2D eigenvalue weighted by molar-refractivity contribution is 6.59. The molecule has 0 unspecified atom stereocenters. The van der Waals surface area contributed by atoms with E-state index in [9.17, 15) is 34.9 Å². The van der Waals surface area contributed by atoms with Crippen LogP contribution >= 0.6 is 0 Å². The molecule has 0 saturated heterocycles. The summed E-state index contributed by atoms with van der Waals surface area (Å²) in [6.45, 7) is 0. The average Bonchev–Trinajstić information content (AvgIpc) is 2.72. The molecule has 2 aromatic rings. The maximum Gasteiger partial charge on any atom is 0.489 e. The Morgan fingerprint density at radius 1 is 1.20 bits per heavy atom. The van der Waals surface area contributed by atoms with Crippen molar-refractivity contribution in [3.63, 3.8) is 0 Å². The van der Waals surface area contributed by atoms with Crippen LogP contribution in [0.3, 0.4) is 0 Å². The maximum absolute atomic E-state index is 12.2. The van der Waals surface area contributed by atoms with E-state index in [0.29, 0.717) is 5.56 Å². The number of rotatable bonds is 8. The number of amides is 2. The fourth-order valence-electron chi connectivity index (χ4n) is 2.65. The van der Waals surface area contributed by atoms with Crippen LogP contribution in [-0.2, 0) is 16.0 Å². The van der Waals surface area contributed by atoms with Crippen LogP contribution in [0.1, 0.15) is 11.1 Å². The van der Waals surface area contributed by atoms with Gasteiger partial charge in [-0.25, -0.2) is 5.48 Å². The number of benzene rings is 2. The first-order valence-corrected chi connectivity index (χ1v) is 8.56. The van der Waals surface area contributed by atoms with Gasteiger partial charge >= 0.3 is 12.8 Å². The van der Waals surface area contributed by atoms with E-state index in [1.54, 1.807) is 18.2 Å². The van der Waals surface area contributed by atoms with E-state index in [-0.39, 0.29) is 17.4 Å². The molecule has 0 saturated carbocycles. The third-order valence-corrected chi connectivity index (χ3v) is 4.11. The Morgan fingerprint density at radius 3 is 2.53 bits per heavy atom. The molecule has 0 fully saturated rings. The molecule has 0 heterocycles. The van der Waals surface area contributed by atoms with Crippen LogP contribution in [0.4, 0.5) is 5.69 Å². The molecule has 6 N–H and O–H groups in total. The lowest BCUT2D eigenvalue weighted by molar-refractivity contribution is -0.385. The summed E-state index contributed by atoms with van der Waals surface area (Å²) < 4.78 is 0. The SMILES string of the molecule is O=C(/C=C/c1ccccc1B(O)O)N[C@@H](Cc1ccc(O)c([N+](=O)[O-])c1)C(=O)NO. The predicted octanol–water partition coefficient (Wildman–Crippen LogP) is -0.774. The number of nitro groups is 1. The topological polar surface area (TPSA) is 182 Å². The summed E-state index contributed by atoms with van der Waals surface area (Å²) in [5, 5.41) is 50.4. The van der Waals surface area contributed by atoms with Gasteiger partial charge in [0.25, 0.3) is 5.91 Å². The molecule has 12 heteroatoms. The van der Waals surface area contributed by atoms with Gasteiger partial charge in [-0.15, -0.1) is 0 Å². The van der Waals surface area contributed by atoms with Gasteiger partial charge in [-0.3, -0.25) is 24.9 Å². The van der Waals surface area contributed by atoms with E-state index in [2.05, 4.69) is 5.32 Å². The van der Waals surface area contributed by atoms with Gasteiger partial charge < -0.3 is 20.5 Å². The molecule has 0 bridgehead atoms. The lowest BCUT2D eigenvalue weighted by Crippen LogP contribution is -2.46. The molecular weight excluding hydrogens is 397 g/mol. The number of phenols is 1. The van der Waals surface area contributed by atoms with Gasteiger partial charge in [-0.2, -0.15) is 0 Å². The number of carbonyl (C=O) groups is 2. The standard InChI is InChI=1S/C18H18BN3O8/c23-16-7-5-11(10-15(16)22(29)30)9-14(18(25)21-28)20-17(24)8-6-12-3-1-2-4-13(12)19(26)27/h1-8,10,14,23,26-28H,9H2,(H,20,24)(H,21,25)/b8-6+/t14-/m0/s1. The Labute approximate surface area is 170 Å². The molecule has 0 spiro atoms. The highest BCUT2D eigenvalue weighted by Crippen LogP contribution is 2.26. The van der Waals surface area contributed by atoms with E-state index >= 15 is 0 Å². The summed E-state index contributed by atoms with van der Waals surface area (Å²) in [5.74, 6) is -2.25. The van der Waals surface area contributed by atoms with Crippen LogP contribution in [0, 0.1) is 10.1 Å². The zero-order valence-electron chi connectivity index (χ0n) is 15.4. The minimum atomic E-state index is -1.74. The molecule has 30 heavy (non-hydrogen) atoms. The summed E-state index contributed by atoms with van der Waals surface area (Å²) in [7, 11) is -1.74. The molecule has 2 rings (SSSR count). The normalized spacial score (nSPS) is 11.7. The lowest BCUT2D eigenvalue weighted by atomic mass is 9.77. The minimum Gasteiger partial charge on any atom is -0.502 e. The summed E-state index contributed by atoms with van der Waals surface area (Å²) in [4.78, 5) is 34.3. The third-order valence-electron chi connectivity index (χ3n) is 4.11. The van der Waals surface area contributed by atoms with E-state index in [4.69, 9.17) is 5.21 Å². The molecule has 0 aliphatic heterocycles. The summed E-state index contributed by atoms with van der Waals surface area (Å²) in [6, 6.07) is 8.41. The first-order chi connectivity index (χ1) is 14.2. The quantitative estimate of drug-likeness (QED) is 0.107. The highest BCUT2D eigenvalue weighted by atomic mass is 16.6. The molecular formula is C18H18BN3O8. The Kier molecular flexibility index (Phi) is 7.64. The monoisotopic (exact) mass is 415 g/mol. The number of nitrogens with zero attached hydrogens (tertiary/aromatic N) is 1. The fraction of sp³-hybridized carbons (Fsp3) is 0.111. The second-order valence-corrected chi connectivity index (χ2v) is 6.16. The molecule has 156 valence electrons. The van der Waals surface area contributed by atoms with E-state index in [1.165, 1.54) is 23.7 Å². The van der Waals surface area contributed by atoms with Crippen molar-refractivity contribution in [3.05, 3.63) is 69.8 Å². The Morgan fingerprint density at radius 2 is 1.90 bits per heavy atom. The number of phenolic OH excluding ortho intramolecular Hbond substituents is 1. The second kappa shape index (κ2) is 10.2. The van der Waals surface area contributed by atoms with Crippen LogP contribution in [-0.4, -0.2) is 50.3 Å². The first kappa shape index (κ1) is 22.6. The number of nitrogens with one attached hydrogen (secondary N) is 2. The van der Waals surface area contributed by atoms with Crippen molar-refractivity contribution < 1.29 is 34.9 Å². The summed E-state index contributed by atoms with van der Waals surface area (Å²) in [6.07, 6.45) is 2.15. The molecule has 0 aliphatic carbocycles. The van der Waals surface area contributed by atoms with Crippen LogP contribution in [0.15, 0.2) is 48.5 Å². The third kappa shape index (κ3) is 5.88. The minimum absolute atomic E-state index is 0.169. The van der Waals surface area contributed by atoms with Crippen molar-refractivity contribution in [1.29, 1.82) is 0 Å². The first-order valence-electron chi connectivity index (χ1n) is 8.56. The smallest absolute Gasteiger partial charge is 0.489 e. The molecule has 11 nitrogen and oxygen atoms in total. The number of hydrogen-bond acceptors (Lipinski definition) is 8. The largest absolute Gasteiger partial charge is 0.502 e. The fourth-order valence-corrected chi connectivity index (χ4v) is 2.65. The van der Waals surface area contributed by atoms with Crippen LogP contribution in [0.25, 0.3) is 6.08 Å². The Balaban J connectivity index is 2.17. The van der Waals surface area contributed by atoms with Gasteiger partial charge in [-0.1, -0.05) is 30.3 Å². The number of hydroxylamine groups is 1. The molecule has 1 atom stereocenters. The Hall–Kier alpha value is -3.74. The van der Waals surface area contributed by atoms with Crippen molar-refractivity contribution in [2.45, 2.75) is 12.5 Å². The van der Waals surface area contributed by atoms with Gasteiger partial charge in [0.1, 0.15) is 6.04 Å². The van der Waals surface area contributed by atoms with Crippen molar-refractivity contribution in [2.24, 2.45) is 0 Å². The van der Waals surface area contributed by atoms with Crippen LogP contribution in [0.2, 0.25) is 0 Å². The highest BCUT2D eigenvalue weighted by Gasteiger charge is 2.22. The van der Waals surface area contributed by atoms with Crippen LogP contribution in [0.5, 0.6) is 5.75 Å². The number of carbonyl (C=O) groups excluding carboxylic acids is 2. The molecule has 2 amide bonds. The van der Waals surface area contributed by atoms with Crippen molar-refractivity contribution in [3.8, 4) is 5.75 Å². The van der Waals surface area contributed by atoms with Gasteiger partial charge in [0.05, 0.1) is 4.92 Å². The van der Waals surface area contributed by atoms with E-state index in [1.807, 2.05) is 0 Å². The molecule has 2 aromatic carbocycles. The Bertz CT molecular complexity index is 980. The number of nitro benzene ring substituents is 1. The average molecular weight is 415 g/mol. The summed E-state index contributed by atoms with van der Waals surface area (Å²) in [5.41, 5.74) is 1.63. The van der Waals surface area contributed by atoms with E-state index in [0.717, 1.165) is 18.2 Å². The van der Waals surface area contributed by atoms with Crippen molar-refractivity contribution in [1.82, 2.24) is 10.8 Å². The van der Waals surface area contributed by atoms with Gasteiger partial charge in [-0.05, 0) is 28.7 Å². The number of aromatic hydroxyl groups is 1. The maximum atomic E-state index is 12.2. The van der Waals surface area contributed by atoms with Gasteiger partial charge in [0.15, 0.2) is 5.75 Å². The van der Waals surface area contributed by atoms with Crippen molar-refractivity contribution >= 4 is 36.2 Å². The molecule has 0 aromatic heterocycles. The molecule has 0 aliphatic rings. The zero-order chi connectivity index (χ0) is 22.3. The van der Waals surface area contributed by atoms with Gasteiger partial charge in [0.2, 0.25) is 5.91 Å². The van der Waals surface area contributed by atoms with Crippen molar-refractivity contribution in [2.75, 3.05) is 0 Å².